The van der Waals surface area contributed by atoms with Crippen molar-refractivity contribution < 1.29 is 18.7 Å². The van der Waals surface area contributed by atoms with Crippen molar-refractivity contribution in [3.8, 4) is 5.75 Å². The molecule has 0 saturated carbocycles. The van der Waals surface area contributed by atoms with Crippen molar-refractivity contribution in [2.45, 2.75) is 6.10 Å². The maximum atomic E-state index is 14.5. The molecule has 0 aliphatic carbocycles. The Bertz CT molecular complexity index is 960. The second kappa shape index (κ2) is 8.10. The largest absolute Gasteiger partial charge is 0.480 e. The van der Waals surface area contributed by atoms with Gasteiger partial charge in [0.25, 0.3) is 0 Å². The summed E-state index contributed by atoms with van der Waals surface area (Å²) in [5.41, 5.74) is 7.33. The molecule has 0 spiro atoms. The topological polar surface area (TPSA) is 61.5 Å². The molecule has 1 atom stereocenters. The van der Waals surface area contributed by atoms with E-state index in [1.807, 2.05) is 0 Å². The Morgan fingerprint density at radius 2 is 1.78 bits per heavy atom. The number of nitrogens with two attached hydrogens (primary N) is 1. The summed E-state index contributed by atoms with van der Waals surface area (Å²) < 4.78 is 25.4. The Morgan fingerprint density at radius 1 is 1.07 bits per heavy atom. The molecule has 27 heavy (non-hydrogen) atoms. The van der Waals surface area contributed by atoms with E-state index in [1.165, 1.54) is 19.2 Å². The number of carbonyl (C=O) groups excluding carboxylic acids is 1. The van der Waals surface area contributed by atoms with Crippen molar-refractivity contribution in [1.29, 1.82) is 0 Å². The van der Waals surface area contributed by atoms with Gasteiger partial charge in [0.05, 0.1) is 7.11 Å². The van der Waals surface area contributed by atoms with Gasteiger partial charge in [-0.3, -0.25) is 0 Å². The fraction of sp³-hybridized carbons (Fsp3) is 0.0952. The number of nitrogen functional groups attached to an aromatic ring is 1. The lowest BCUT2D eigenvalue weighted by Gasteiger charge is -2.22. The van der Waals surface area contributed by atoms with E-state index in [-0.39, 0.29) is 11.3 Å². The summed E-state index contributed by atoms with van der Waals surface area (Å²) in [7, 11) is 1.27. The summed E-state index contributed by atoms with van der Waals surface area (Å²) in [6.45, 7) is 0. The second-order valence-electron chi connectivity index (χ2n) is 5.82. The highest BCUT2D eigenvalue weighted by atomic mass is 35.5. The summed E-state index contributed by atoms with van der Waals surface area (Å²) >= 11 is 5.97. The van der Waals surface area contributed by atoms with Gasteiger partial charge in [-0.2, -0.15) is 0 Å². The first-order chi connectivity index (χ1) is 13.0. The molecular formula is C21H17ClFNO3. The van der Waals surface area contributed by atoms with Crippen molar-refractivity contribution in [3.05, 3.63) is 94.3 Å². The van der Waals surface area contributed by atoms with Crippen LogP contribution in [0.2, 0.25) is 5.02 Å². The molecule has 4 nitrogen and oxygen atoms in total. The molecule has 3 aromatic rings. The van der Waals surface area contributed by atoms with Crippen LogP contribution in [0.4, 0.5) is 10.1 Å². The van der Waals surface area contributed by atoms with E-state index in [1.54, 1.807) is 54.6 Å². The van der Waals surface area contributed by atoms with Crippen molar-refractivity contribution in [1.82, 2.24) is 0 Å². The maximum Gasteiger partial charge on any atom is 0.341 e. The molecule has 0 bridgehead atoms. The number of carbonyl (C=O) groups is 1. The average molecular weight is 386 g/mol. The highest BCUT2D eigenvalue weighted by molar-refractivity contribution is 6.30. The Hall–Kier alpha value is -3.05. The van der Waals surface area contributed by atoms with Crippen LogP contribution in [-0.2, 0) is 4.74 Å². The normalized spacial score (nSPS) is 11.7. The van der Waals surface area contributed by atoms with E-state index in [0.717, 1.165) is 0 Å². The molecule has 0 aliphatic rings. The van der Waals surface area contributed by atoms with Crippen LogP contribution in [-0.4, -0.2) is 13.1 Å². The minimum Gasteiger partial charge on any atom is -0.480 e. The number of hydrogen-bond donors (Lipinski definition) is 1. The summed E-state index contributed by atoms with van der Waals surface area (Å²) in [5, 5.41) is 0.550. The smallest absolute Gasteiger partial charge is 0.341 e. The van der Waals surface area contributed by atoms with E-state index in [0.29, 0.717) is 21.8 Å². The fourth-order valence-electron chi connectivity index (χ4n) is 2.68. The van der Waals surface area contributed by atoms with Crippen LogP contribution in [0.3, 0.4) is 0 Å². The Balaban J connectivity index is 2.09. The van der Waals surface area contributed by atoms with Gasteiger partial charge in [-0.25, -0.2) is 9.18 Å². The number of ether oxygens (including phenoxy) is 2. The van der Waals surface area contributed by atoms with Crippen molar-refractivity contribution in [3.63, 3.8) is 0 Å². The summed E-state index contributed by atoms with van der Waals surface area (Å²) in [5.74, 6) is -0.785. The molecule has 0 aliphatic heterocycles. The van der Waals surface area contributed by atoms with Gasteiger partial charge in [0, 0.05) is 16.3 Å². The minimum absolute atomic E-state index is 0.160. The molecule has 0 radical (unpaired) electrons. The quantitative estimate of drug-likeness (QED) is 0.495. The fourth-order valence-corrected chi connectivity index (χ4v) is 2.81. The molecule has 0 fully saturated rings. The van der Waals surface area contributed by atoms with E-state index >= 15 is 0 Å². The maximum absolute atomic E-state index is 14.5. The number of esters is 1. The van der Waals surface area contributed by atoms with Crippen molar-refractivity contribution in [2.24, 2.45) is 0 Å². The molecule has 0 saturated heterocycles. The Kier molecular flexibility index (Phi) is 5.62. The molecule has 3 rings (SSSR count). The van der Waals surface area contributed by atoms with Gasteiger partial charge in [-0.15, -0.1) is 0 Å². The predicted octanol–water partition coefficient (Wildman–Crippen LogP) is 5.02. The standard InChI is InChI=1S/C21H17ClFNO3/c1-26-21(25)17-12-15(24)10-11-19(17)27-20(13-6-8-14(22)9-7-13)16-4-2-3-5-18(16)23/h2-12,20H,24H2,1H3. The van der Waals surface area contributed by atoms with Crippen LogP contribution < -0.4 is 10.5 Å². The minimum atomic E-state index is -0.796. The zero-order valence-corrected chi connectivity index (χ0v) is 15.2. The van der Waals surface area contributed by atoms with Gasteiger partial charge in [0.2, 0.25) is 0 Å². The molecular weight excluding hydrogens is 369 g/mol. The van der Waals surface area contributed by atoms with Crippen LogP contribution in [0.15, 0.2) is 66.7 Å². The number of anilines is 1. The zero-order chi connectivity index (χ0) is 19.4. The van der Waals surface area contributed by atoms with Crippen LogP contribution in [0, 0.1) is 5.82 Å². The summed E-state index contributed by atoms with van der Waals surface area (Å²) in [4.78, 5) is 12.1. The molecule has 0 amide bonds. The van der Waals surface area contributed by atoms with Gasteiger partial charge >= 0.3 is 5.97 Å². The molecule has 1 unspecified atom stereocenters. The van der Waals surface area contributed by atoms with E-state index in [4.69, 9.17) is 26.8 Å². The summed E-state index contributed by atoms with van der Waals surface area (Å²) in [6.07, 6.45) is -0.796. The zero-order valence-electron chi connectivity index (χ0n) is 14.5. The van der Waals surface area contributed by atoms with Crippen LogP contribution in [0.25, 0.3) is 0 Å². The SMILES string of the molecule is COC(=O)c1cc(N)ccc1OC(c1ccc(Cl)cc1)c1ccccc1F. The summed E-state index contributed by atoms with van der Waals surface area (Å²) in [6, 6.07) is 17.8. The van der Waals surface area contributed by atoms with Crippen LogP contribution in [0.1, 0.15) is 27.6 Å². The van der Waals surface area contributed by atoms with Gasteiger partial charge in [-0.05, 0) is 42.0 Å². The highest BCUT2D eigenvalue weighted by Gasteiger charge is 2.23. The first kappa shape index (κ1) is 18.7. The van der Waals surface area contributed by atoms with Crippen LogP contribution in [0.5, 0.6) is 5.75 Å². The third-order valence-electron chi connectivity index (χ3n) is 4.01. The third kappa shape index (κ3) is 4.20. The molecule has 0 heterocycles. The Labute approximate surface area is 161 Å². The van der Waals surface area contributed by atoms with Gasteiger partial charge in [0.1, 0.15) is 17.1 Å². The number of hydrogen-bond acceptors (Lipinski definition) is 4. The average Bonchev–Trinajstić information content (AvgIpc) is 2.68. The first-order valence-corrected chi connectivity index (χ1v) is 8.52. The second-order valence-corrected chi connectivity index (χ2v) is 6.25. The molecule has 0 aromatic heterocycles. The van der Waals surface area contributed by atoms with E-state index < -0.39 is 17.9 Å². The monoisotopic (exact) mass is 385 g/mol. The molecule has 2 N–H and O–H groups in total. The molecule has 3 aromatic carbocycles. The van der Waals surface area contributed by atoms with E-state index in [9.17, 15) is 9.18 Å². The number of methoxy groups -OCH3 is 1. The lowest BCUT2D eigenvalue weighted by atomic mass is 10.0. The lowest BCUT2D eigenvalue weighted by Crippen LogP contribution is -2.14. The van der Waals surface area contributed by atoms with Gasteiger partial charge in [0.15, 0.2) is 6.10 Å². The molecule has 138 valence electrons. The van der Waals surface area contributed by atoms with Gasteiger partial charge < -0.3 is 15.2 Å². The number of halogens is 2. The predicted molar refractivity (Wildman–Crippen MR) is 103 cm³/mol. The number of rotatable bonds is 5. The third-order valence-corrected chi connectivity index (χ3v) is 4.27. The van der Waals surface area contributed by atoms with Gasteiger partial charge in [-0.1, -0.05) is 41.9 Å². The number of benzene rings is 3. The van der Waals surface area contributed by atoms with Crippen molar-refractivity contribution in [2.75, 3.05) is 12.8 Å². The molecule has 6 heteroatoms. The first-order valence-electron chi connectivity index (χ1n) is 8.14. The lowest BCUT2D eigenvalue weighted by molar-refractivity contribution is 0.0594. The van der Waals surface area contributed by atoms with Crippen LogP contribution >= 0.6 is 11.6 Å². The van der Waals surface area contributed by atoms with Crippen molar-refractivity contribution >= 4 is 23.3 Å². The highest BCUT2D eigenvalue weighted by Crippen LogP contribution is 2.33. The Morgan fingerprint density at radius 3 is 2.44 bits per heavy atom. The van der Waals surface area contributed by atoms with E-state index in [2.05, 4.69) is 0 Å².